The normalized spacial score (nSPS) is 31.0. The molecule has 0 spiro atoms. The summed E-state index contributed by atoms with van der Waals surface area (Å²) in [5.74, 6) is 2.10. The van der Waals surface area contributed by atoms with E-state index in [2.05, 4.69) is 20.6 Å². The smallest absolute Gasteiger partial charge is 0.321 e. The Kier molecular flexibility index (Phi) is 4.91. The number of nitrogens with one attached hydrogen (secondary N) is 2. The van der Waals surface area contributed by atoms with E-state index in [0.29, 0.717) is 5.16 Å². The van der Waals surface area contributed by atoms with Crippen molar-refractivity contribution in [2.45, 2.75) is 70.0 Å². The Morgan fingerprint density at radius 3 is 2.04 bits per heavy atom. The van der Waals surface area contributed by atoms with Gasteiger partial charge in [-0.25, -0.2) is 14.8 Å². The zero-order valence-electron chi connectivity index (χ0n) is 16.3. The van der Waals surface area contributed by atoms with Crippen molar-refractivity contribution in [2.75, 3.05) is 5.75 Å². The van der Waals surface area contributed by atoms with Crippen molar-refractivity contribution in [1.29, 1.82) is 0 Å². The standard InChI is InChI=1S/C20H28N4O2S/c1-11-12(2)21-19(22-13(11)3)27-10-17(25)23-18(26)24-20-7-14-4-15(8-20)6-16(5-14)9-20/h14-16H,4-10H2,1-3H3,(H2,23,24,25,26). The van der Waals surface area contributed by atoms with Gasteiger partial charge in [0.1, 0.15) is 0 Å². The van der Waals surface area contributed by atoms with Crippen molar-refractivity contribution in [3.05, 3.63) is 17.0 Å². The molecule has 5 rings (SSSR count). The number of aryl methyl sites for hydroxylation is 2. The lowest BCUT2D eigenvalue weighted by molar-refractivity contribution is -0.117. The first-order valence-corrected chi connectivity index (χ1v) is 10.9. The number of carbonyl (C=O) groups is 2. The number of rotatable bonds is 4. The molecule has 4 aliphatic carbocycles. The van der Waals surface area contributed by atoms with E-state index in [4.69, 9.17) is 0 Å². The number of carbonyl (C=O) groups excluding carboxylic acids is 2. The van der Waals surface area contributed by atoms with Crippen LogP contribution >= 0.6 is 11.8 Å². The van der Waals surface area contributed by atoms with E-state index >= 15 is 0 Å². The zero-order valence-corrected chi connectivity index (χ0v) is 17.1. The van der Waals surface area contributed by atoms with Crippen molar-refractivity contribution in [3.63, 3.8) is 0 Å². The van der Waals surface area contributed by atoms with Gasteiger partial charge in [-0.15, -0.1) is 0 Å². The minimum Gasteiger partial charge on any atom is -0.332 e. The fraction of sp³-hybridized carbons (Fsp3) is 0.700. The monoisotopic (exact) mass is 388 g/mol. The van der Waals surface area contributed by atoms with Crippen LogP contribution in [0, 0.1) is 38.5 Å². The summed E-state index contributed by atoms with van der Waals surface area (Å²) in [5, 5.41) is 6.24. The second kappa shape index (κ2) is 7.08. The first-order chi connectivity index (χ1) is 12.8. The van der Waals surface area contributed by atoms with Gasteiger partial charge >= 0.3 is 6.03 Å². The summed E-state index contributed by atoms with van der Waals surface area (Å²) >= 11 is 1.26. The highest BCUT2D eigenvalue weighted by Crippen LogP contribution is 2.55. The maximum atomic E-state index is 12.4. The highest BCUT2D eigenvalue weighted by Gasteiger charge is 2.51. The second-order valence-electron chi connectivity index (χ2n) is 8.79. The predicted molar refractivity (Wildman–Crippen MR) is 105 cm³/mol. The number of amides is 3. The van der Waals surface area contributed by atoms with Crippen LogP contribution in [0.4, 0.5) is 4.79 Å². The summed E-state index contributed by atoms with van der Waals surface area (Å²) in [7, 11) is 0. The second-order valence-corrected chi connectivity index (χ2v) is 9.73. The Hall–Kier alpha value is -1.63. The van der Waals surface area contributed by atoms with Crippen LogP contribution in [0.1, 0.15) is 55.5 Å². The quantitative estimate of drug-likeness (QED) is 0.611. The molecule has 0 aromatic carbocycles. The molecule has 1 aromatic heterocycles. The molecule has 27 heavy (non-hydrogen) atoms. The molecule has 4 aliphatic rings. The summed E-state index contributed by atoms with van der Waals surface area (Å²) in [5.41, 5.74) is 2.83. The Bertz CT molecular complexity index is 721. The average Bonchev–Trinajstić information content (AvgIpc) is 2.55. The third kappa shape index (κ3) is 3.98. The minimum atomic E-state index is -0.347. The van der Waals surface area contributed by atoms with Crippen molar-refractivity contribution in [3.8, 4) is 0 Å². The van der Waals surface area contributed by atoms with E-state index < -0.39 is 0 Å². The molecule has 4 bridgehead atoms. The highest BCUT2D eigenvalue weighted by molar-refractivity contribution is 7.99. The van der Waals surface area contributed by atoms with Crippen molar-refractivity contribution in [1.82, 2.24) is 20.6 Å². The lowest BCUT2D eigenvalue weighted by Crippen LogP contribution is -2.61. The molecule has 0 aliphatic heterocycles. The van der Waals surface area contributed by atoms with Gasteiger partial charge in [-0.3, -0.25) is 10.1 Å². The Morgan fingerprint density at radius 1 is 1.00 bits per heavy atom. The molecule has 4 saturated carbocycles. The maximum absolute atomic E-state index is 12.4. The molecule has 7 heteroatoms. The van der Waals surface area contributed by atoms with Crippen molar-refractivity contribution >= 4 is 23.7 Å². The summed E-state index contributed by atoms with van der Waals surface area (Å²) in [6.07, 6.45) is 7.20. The van der Waals surface area contributed by atoms with Crippen LogP contribution in [0.25, 0.3) is 0 Å². The van der Waals surface area contributed by atoms with Crippen LogP contribution in [0.3, 0.4) is 0 Å². The number of nitrogens with zero attached hydrogens (tertiary/aromatic N) is 2. The number of imide groups is 1. The van der Waals surface area contributed by atoms with E-state index in [-0.39, 0.29) is 23.2 Å². The number of hydrogen-bond donors (Lipinski definition) is 2. The summed E-state index contributed by atoms with van der Waals surface area (Å²) in [6.45, 7) is 5.86. The van der Waals surface area contributed by atoms with Gasteiger partial charge in [0, 0.05) is 16.9 Å². The topological polar surface area (TPSA) is 84.0 Å². The molecule has 0 saturated heterocycles. The van der Waals surface area contributed by atoms with Gasteiger partial charge in [0.25, 0.3) is 0 Å². The first-order valence-electron chi connectivity index (χ1n) is 9.88. The molecular formula is C20H28N4O2S. The molecule has 0 unspecified atom stereocenters. The molecule has 6 nitrogen and oxygen atoms in total. The van der Waals surface area contributed by atoms with Gasteiger partial charge < -0.3 is 5.32 Å². The van der Waals surface area contributed by atoms with Crippen LogP contribution in [0.15, 0.2) is 5.16 Å². The molecule has 1 heterocycles. The number of urea groups is 1. The number of thioether (sulfide) groups is 1. The molecule has 3 amide bonds. The van der Waals surface area contributed by atoms with Crippen LogP contribution in [-0.2, 0) is 4.79 Å². The summed E-state index contributed by atoms with van der Waals surface area (Å²) in [6, 6.07) is -0.347. The summed E-state index contributed by atoms with van der Waals surface area (Å²) < 4.78 is 0. The number of hydrogen-bond acceptors (Lipinski definition) is 5. The van der Waals surface area contributed by atoms with E-state index in [0.717, 1.165) is 54.0 Å². The number of aromatic nitrogens is 2. The van der Waals surface area contributed by atoms with Gasteiger partial charge in [0.2, 0.25) is 5.91 Å². The Labute approximate surface area is 164 Å². The third-order valence-corrected chi connectivity index (χ3v) is 7.46. The SMILES string of the molecule is Cc1nc(SCC(=O)NC(=O)NC23CC4CC(CC(C4)C2)C3)nc(C)c1C. The van der Waals surface area contributed by atoms with Crippen molar-refractivity contribution in [2.24, 2.45) is 17.8 Å². The fourth-order valence-electron chi connectivity index (χ4n) is 5.63. The average molecular weight is 389 g/mol. The highest BCUT2D eigenvalue weighted by atomic mass is 32.2. The van der Waals surface area contributed by atoms with Gasteiger partial charge in [0.05, 0.1) is 5.75 Å². The van der Waals surface area contributed by atoms with E-state index in [1.165, 1.54) is 31.0 Å². The lowest BCUT2D eigenvalue weighted by Gasteiger charge is -2.56. The first kappa shape index (κ1) is 18.7. The molecule has 0 radical (unpaired) electrons. The van der Waals surface area contributed by atoms with Crippen LogP contribution in [0.5, 0.6) is 0 Å². The zero-order chi connectivity index (χ0) is 19.2. The fourth-order valence-corrected chi connectivity index (χ4v) is 6.37. The van der Waals surface area contributed by atoms with E-state index in [9.17, 15) is 9.59 Å². The van der Waals surface area contributed by atoms with Crippen LogP contribution < -0.4 is 10.6 Å². The molecular weight excluding hydrogens is 360 g/mol. The summed E-state index contributed by atoms with van der Waals surface area (Å²) in [4.78, 5) is 33.4. The van der Waals surface area contributed by atoms with Crippen molar-refractivity contribution < 1.29 is 9.59 Å². The van der Waals surface area contributed by atoms with Gasteiger partial charge in [-0.05, 0) is 82.6 Å². The minimum absolute atomic E-state index is 0.0828. The van der Waals surface area contributed by atoms with E-state index in [1.807, 2.05) is 20.8 Å². The molecule has 146 valence electrons. The van der Waals surface area contributed by atoms with E-state index in [1.54, 1.807) is 0 Å². The van der Waals surface area contributed by atoms with Gasteiger partial charge in [0.15, 0.2) is 5.16 Å². The molecule has 0 atom stereocenters. The van der Waals surface area contributed by atoms with Crippen LogP contribution in [0.2, 0.25) is 0 Å². The third-order valence-electron chi connectivity index (χ3n) is 6.61. The molecule has 2 N–H and O–H groups in total. The molecule has 1 aromatic rings. The largest absolute Gasteiger partial charge is 0.332 e. The van der Waals surface area contributed by atoms with Crippen LogP contribution in [-0.4, -0.2) is 33.2 Å². The Morgan fingerprint density at radius 2 is 1.52 bits per heavy atom. The van der Waals surface area contributed by atoms with Gasteiger partial charge in [-0.1, -0.05) is 11.8 Å². The maximum Gasteiger partial charge on any atom is 0.321 e. The van der Waals surface area contributed by atoms with Gasteiger partial charge in [-0.2, -0.15) is 0 Å². The Balaban J connectivity index is 1.29. The molecule has 4 fully saturated rings. The lowest BCUT2D eigenvalue weighted by atomic mass is 9.53. The predicted octanol–water partition coefficient (Wildman–Crippen LogP) is 3.29.